The lowest BCUT2D eigenvalue weighted by atomic mass is 9.87. The van der Waals surface area contributed by atoms with Crippen LogP contribution in [0.15, 0.2) is 0 Å². The molecule has 0 radical (unpaired) electrons. The van der Waals surface area contributed by atoms with E-state index in [2.05, 4.69) is 0 Å². The summed E-state index contributed by atoms with van der Waals surface area (Å²) in [7, 11) is 0. The van der Waals surface area contributed by atoms with Crippen molar-refractivity contribution in [2.24, 2.45) is 5.41 Å². The minimum absolute atomic E-state index is 0.00455. The lowest BCUT2D eigenvalue weighted by Crippen LogP contribution is -2.49. The second-order valence-corrected chi connectivity index (χ2v) is 5.99. The van der Waals surface area contributed by atoms with Gasteiger partial charge in [0.2, 0.25) is 0 Å². The van der Waals surface area contributed by atoms with Crippen LogP contribution in [0.2, 0.25) is 0 Å². The van der Waals surface area contributed by atoms with E-state index < -0.39 is 29.3 Å². The highest BCUT2D eigenvalue weighted by Crippen LogP contribution is 2.28. The Morgan fingerprint density at radius 2 is 1.67 bits per heavy atom. The molecule has 136 valence electrons. The summed E-state index contributed by atoms with van der Waals surface area (Å²) < 4.78 is 30.3. The Morgan fingerprint density at radius 3 is 2.21 bits per heavy atom. The third-order valence-electron chi connectivity index (χ3n) is 4.33. The van der Waals surface area contributed by atoms with E-state index in [4.69, 9.17) is 28.4 Å². The van der Waals surface area contributed by atoms with Crippen molar-refractivity contribution in [2.45, 2.75) is 32.3 Å². The van der Waals surface area contributed by atoms with Crippen molar-refractivity contribution in [3.8, 4) is 0 Å². The maximum atomic E-state index is 11.8. The fourth-order valence-corrected chi connectivity index (χ4v) is 2.24. The molecule has 0 bridgehead atoms. The Hall–Kier alpha value is -2.03. The van der Waals surface area contributed by atoms with Gasteiger partial charge in [-0.05, 0) is 12.8 Å². The van der Waals surface area contributed by atoms with Crippen molar-refractivity contribution in [3.05, 3.63) is 0 Å². The molecule has 2 aliphatic heterocycles. The molecule has 2 aliphatic rings. The Kier molecular flexibility index (Phi) is 5.87. The highest BCUT2D eigenvalue weighted by molar-refractivity contribution is 5.71. The molecule has 0 amide bonds. The number of hydrogen-bond donors (Lipinski definition) is 0. The Morgan fingerprint density at radius 1 is 1.00 bits per heavy atom. The second-order valence-electron chi connectivity index (χ2n) is 5.99. The van der Waals surface area contributed by atoms with E-state index in [0.717, 1.165) is 0 Å². The predicted molar refractivity (Wildman–Crippen MR) is 77.3 cm³/mol. The molecule has 0 aromatic rings. The average Bonchev–Trinajstić information content (AvgIpc) is 2.62. The second kappa shape index (κ2) is 7.69. The highest BCUT2D eigenvalue weighted by atomic mass is 16.7. The third kappa shape index (κ3) is 4.50. The maximum Gasteiger partial charge on any atom is 0.508 e. The van der Waals surface area contributed by atoms with Gasteiger partial charge in [0.25, 0.3) is 0 Å². The maximum absolute atomic E-state index is 11.8. The van der Waals surface area contributed by atoms with Gasteiger partial charge in [-0.1, -0.05) is 13.8 Å². The Bertz CT molecular complexity index is 425. The molecule has 0 saturated carbocycles. The smallest absolute Gasteiger partial charge is 0.461 e. The van der Waals surface area contributed by atoms with Gasteiger partial charge in [0.15, 0.2) is 0 Å². The van der Waals surface area contributed by atoms with Gasteiger partial charge in [-0.3, -0.25) is 0 Å². The molecule has 1 unspecified atom stereocenters. The first-order chi connectivity index (χ1) is 11.4. The van der Waals surface area contributed by atoms with Crippen LogP contribution in [0.4, 0.5) is 9.59 Å². The number of cyclic esters (lactones) is 3. The summed E-state index contributed by atoms with van der Waals surface area (Å²) >= 11 is 0. The number of esters is 1. The summed E-state index contributed by atoms with van der Waals surface area (Å²) in [6, 6.07) is 0. The molecular weight excluding hydrogens is 324 g/mol. The number of carbonyl (C=O) groups is 3. The molecule has 0 aromatic heterocycles. The Labute approximate surface area is 139 Å². The van der Waals surface area contributed by atoms with E-state index in [1.165, 1.54) is 0 Å². The van der Waals surface area contributed by atoms with Gasteiger partial charge in [0, 0.05) is 0 Å². The van der Waals surface area contributed by atoms with Gasteiger partial charge in [-0.2, -0.15) is 0 Å². The van der Waals surface area contributed by atoms with E-state index in [0.29, 0.717) is 12.8 Å². The predicted octanol–water partition coefficient (Wildman–Crippen LogP) is 1.43. The zero-order valence-electron chi connectivity index (χ0n) is 13.8. The summed E-state index contributed by atoms with van der Waals surface area (Å²) in [6.45, 7) is 3.74. The molecule has 0 aromatic carbocycles. The fourth-order valence-electron chi connectivity index (χ4n) is 2.24. The number of ether oxygens (including phenoxy) is 6. The van der Waals surface area contributed by atoms with Crippen LogP contribution in [0, 0.1) is 5.41 Å². The third-order valence-corrected chi connectivity index (χ3v) is 4.33. The van der Waals surface area contributed by atoms with Crippen LogP contribution < -0.4 is 0 Å². The van der Waals surface area contributed by atoms with Gasteiger partial charge < -0.3 is 28.4 Å². The van der Waals surface area contributed by atoms with Gasteiger partial charge >= 0.3 is 18.3 Å². The van der Waals surface area contributed by atoms with Gasteiger partial charge in [0.05, 0.1) is 5.41 Å². The van der Waals surface area contributed by atoms with Crippen LogP contribution in [0.25, 0.3) is 0 Å². The fraction of sp³-hybridized carbons (Fsp3) is 0.800. The molecule has 0 spiro atoms. The van der Waals surface area contributed by atoms with Crippen molar-refractivity contribution < 1.29 is 42.8 Å². The topological polar surface area (TPSA) is 107 Å². The summed E-state index contributed by atoms with van der Waals surface area (Å²) in [6.07, 6.45) is -0.481. The SMILES string of the molecule is CCC1(COC(=O)OCC2(CC)COC(=O)CO2)COC(=O)OC1. The van der Waals surface area contributed by atoms with E-state index in [9.17, 15) is 14.4 Å². The summed E-state index contributed by atoms with van der Waals surface area (Å²) in [5.41, 5.74) is -1.43. The lowest BCUT2D eigenvalue weighted by molar-refractivity contribution is -0.196. The van der Waals surface area contributed by atoms with Gasteiger partial charge in [-0.15, -0.1) is 0 Å². The molecule has 2 fully saturated rings. The van der Waals surface area contributed by atoms with Gasteiger partial charge in [0.1, 0.15) is 45.2 Å². The lowest BCUT2D eigenvalue weighted by Gasteiger charge is -2.35. The van der Waals surface area contributed by atoms with Crippen LogP contribution in [0.3, 0.4) is 0 Å². The molecule has 9 heteroatoms. The standard InChI is InChI=1S/C15H22O9/c1-3-14(6-20-12(17)21-7-14)8-22-13(18)23-10-15(4-2)9-19-11(16)5-24-15/h3-10H2,1-2H3. The van der Waals surface area contributed by atoms with Crippen molar-refractivity contribution in [3.63, 3.8) is 0 Å². The summed E-state index contributed by atoms with van der Waals surface area (Å²) in [5, 5.41) is 0. The monoisotopic (exact) mass is 346 g/mol. The van der Waals surface area contributed by atoms with Crippen LogP contribution in [0.5, 0.6) is 0 Å². The van der Waals surface area contributed by atoms with Crippen molar-refractivity contribution in [1.82, 2.24) is 0 Å². The molecule has 2 saturated heterocycles. The first-order valence-corrected chi connectivity index (χ1v) is 7.81. The number of hydrogen-bond acceptors (Lipinski definition) is 9. The van der Waals surface area contributed by atoms with E-state index in [-0.39, 0.29) is 39.6 Å². The first-order valence-electron chi connectivity index (χ1n) is 7.81. The molecule has 0 N–H and O–H groups in total. The van der Waals surface area contributed by atoms with Gasteiger partial charge in [-0.25, -0.2) is 14.4 Å². The van der Waals surface area contributed by atoms with E-state index in [1.807, 2.05) is 13.8 Å². The average molecular weight is 346 g/mol. The largest absolute Gasteiger partial charge is 0.508 e. The van der Waals surface area contributed by atoms with Crippen LogP contribution in [-0.4, -0.2) is 63.5 Å². The number of rotatable bonds is 6. The molecule has 24 heavy (non-hydrogen) atoms. The minimum atomic E-state index is -0.868. The Balaban J connectivity index is 1.78. The zero-order chi connectivity index (χ0) is 17.6. The molecule has 2 rings (SSSR count). The molecule has 0 aliphatic carbocycles. The van der Waals surface area contributed by atoms with Crippen LogP contribution in [0.1, 0.15) is 26.7 Å². The highest BCUT2D eigenvalue weighted by Gasteiger charge is 2.40. The normalized spacial score (nSPS) is 25.9. The summed E-state index contributed by atoms with van der Waals surface area (Å²) in [4.78, 5) is 33.8. The van der Waals surface area contributed by atoms with Crippen molar-refractivity contribution >= 4 is 18.3 Å². The van der Waals surface area contributed by atoms with E-state index in [1.54, 1.807) is 0 Å². The molecule has 2 heterocycles. The van der Waals surface area contributed by atoms with Crippen LogP contribution in [-0.2, 0) is 33.2 Å². The van der Waals surface area contributed by atoms with Crippen molar-refractivity contribution in [1.29, 1.82) is 0 Å². The van der Waals surface area contributed by atoms with Crippen molar-refractivity contribution in [2.75, 3.05) is 39.6 Å². The molecular formula is C15H22O9. The molecule has 1 atom stereocenters. The molecule has 9 nitrogen and oxygen atoms in total. The van der Waals surface area contributed by atoms with E-state index >= 15 is 0 Å². The quantitative estimate of drug-likeness (QED) is 0.521. The minimum Gasteiger partial charge on any atom is -0.461 e. The zero-order valence-corrected chi connectivity index (χ0v) is 13.8. The number of carbonyl (C=O) groups excluding carboxylic acids is 3. The first kappa shape index (κ1) is 18.3. The summed E-state index contributed by atoms with van der Waals surface area (Å²) in [5.74, 6) is -0.446. The van der Waals surface area contributed by atoms with Crippen LogP contribution >= 0.6 is 0 Å².